The fourth-order valence-corrected chi connectivity index (χ4v) is 12.3. The van der Waals surface area contributed by atoms with E-state index in [4.69, 9.17) is 40.2 Å². The number of nitrogens with zero attached hydrogens (tertiary/aromatic N) is 8. The molecule has 0 aromatic heterocycles. The summed E-state index contributed by atoms with van der Waals surface area (Å²) in [6, 6.07) is 0. The van der Waals surface area contributed by atoms with Crippen LogP contribution in [0.4, 0.5) is 17.3 Å². The van der Waals surface area contributed by atoms with Gasteiger partial charge in [-0.15, -0.1) is 0 Å². The van der Waals surface area contributed by atoms with Crippen LogP contribution in [0, 0.1) is 0 Å². The van der Waals surface area contributed by atoms with E-state index in [1.165, 1.54) is 0 Å². The van der Waals surface area contributed by atoms with Crippen LogP contribution in [0.5, 0.6) is 0 Å². The fourth-order valence-electron chi connectivity index (χ4n) is 12.3. The summed E-state index contributed by atoms with van der Waals surface area (Å²) in [5.41, 5.74) is 0. The van der Waals surface area contributed by atoms with Crippen LogP contribution in [0.1, 0.15) is 0 Å². The average Bonchev–Trinajstić information content (AvgIpc) is 3.64. The standard InChI is InChI=1S/8C12H20N.4BFO2/c8*1-5-9-13(10-6-2,11-7-3)12-8-4;4*2-1(3)4/h8*5-8H,1-4,9-12H2;;;;/q8*+1;4*-2. The van der Waals surface area contributed by atoms with Crippen molar-refractivity contribution in [2.75, 3.05) is 209 Å². The van der Waals surface area contributed by atoms with Crippen molar-refractivity contribution in [1.82, 2.24) is 0 Å². The summed E-state index contributed by atoms with van der Waals surface area (Å²) >= 11 is 0. The molecule has 0 aromatic rings. The quantitative estimate of drug-likeness (QED) is 0.0249. The predicted molar refractivity (Wildman–Crippen MR) is 512 cm³/mol. The number of halogens is 4. The van der Waals surface area contributed by atoms with Crippen molar-refractivity contribution >= 4 is 29.6 Å². The Balaban J connectivity index is -0.000000108. The molecule has 0 spiro atoms. The maximum Gasteiger partial charge on any atom is 0.121 e. The van der Waals surface area contributed by atoms with Crippen LogP contribution >= 0.6 is 0 Å². The van der Waals surface area contributed by atoms with E-state index < -0.39 is 29.6 Å². The second-order valence-electron chi connectivity index (χ2n) is 26.9. The lowest BCUT2D eigenvalue weighted by molar-refractivity contribution is -0.906. The Morgan fingerprint density at radius 3 is 0.158 bits per heavy atom. The maximum atomic E-state index is 9.89. The van der Waals surface area contributed by atoms with Crippen molar-refractivity contribution in [3.63, 3.8) is 0 Å². The zero-order valence-electron chi connectivity index (χ0n) is 74.4. The molecule has 672 valence electrons. The molecule has 0 fully saturated rings. The average molecular weight is 1670 g/mol. The van der Waals surface area contributed by atoms with Gasteiger partial charge in [0.05, 0.1) is 209 Å². The SMILES string of the molecule is C=CC[N+](CC=C)(CC=C)CC=C.C=CC[N+](CC=C)(CC=C)CC=C.C=CC[N+](CC=C)(CC=C)CC=C.C=CC[N+](CC=C)(CC=C)CC=C.C=CC[N+](CC=C)(CC=C)CC=C.C=CC[N+](CC=C)(CC=C)CC=C.C=CC[N+](CC=C)(CC=C)CC=C.C=CC[N+](CC=C)(CC=C)CC=C.[O-]B([O-])F.[O-]B([O-])F.[O-]B([O-])F.[O-]B([O-])F. The summed E-state index contributed by atoms with van der Waals surface area (Å²) in [5.74, 6) is 0. The van der Waals surface area contributed by atoms with Crippen LogP contribution in [0.2, 0.25) is 0 Å². The first kappa shape index (κ1) is 137. The Bertz CT molecular complexity index is 1960. The zero-order chi connectivity index (χ0) is 95.6. The molecule has 0 N–H and O–H groups in total. The Morgan fingerprint density at radius 2 is 0.142 bits per heavy atom. The van der Waals surface area contributed by atoms with Gasteiger partial charge >= 0.3 is 0 Å². The smallest absolute Gasteiger partial charge is 0.121 e. The zero-order valence-corrected chi connectivity index (χ0v) is 74.4. The highest BCUT2D eigenvalue weighted by Crippen LogP contribution is 2.14. The van der Waals surface area contributed by atoms with Gasteiger partial charge in [0.1, 0.15) is 29.6 Å². The molecule has 0 atom stereocenters. The van der Waals surface area contributed by atoms with Crippen molar-refractivity contribution in [2.24, 2.45) is 0 Å². The monoisotopic (exact) mass is 1670 g/mol. The molecule has 0 unspecified atom stereocenters. The third-order valence-corrected chi connectivity index (χ3v) is 16.5. The van der Waals surface area contributed by atoms with E-state index in [2.05, 4.69) is 211 Å². The van der Waals surface area contributed by atoms with Gasteiger partial charge in [0.2, 0.25) is 0 Å². The third kappa shape index (κ3) is 89.8. The summed E-state index contributed by atoms with van der Waals surface area (Å²) in [7, 11) is -12.7. The van der Waals surface area contributed by atoms with E-state index >= 15 is 0 Å². The van der Waals surface area contributed by atoms with E-state index in [1.807, 2.05) is 194 Å². The normalized spacial score (nSPS) is 9.97. The van der Waals surface area contributed by atoms with Crippen LogP contribution in [0.15, 0.2) is 405 Å². The maximum absolute atomic E-state index is 9.89. The molecule has 0 aliphatic rings. The van der Waals surface area contributed by atoms with Gasteiger partial charge in [-0.05, 0) is 194 Å². The van der Waals surface area contributed by atoms with Crippen molar-refractivity contribution in [2.45, 2.75) is 0 Å². The van der Waals surface area contributed by atoms with Gasteiger partial charge < -0.3 is 93.3 Å². The minimum atomic E-state index is -3.17. The molecule has 0 rings (SSSR count). The summed E-state index contributed by atoms with van der Waals surface area (Å²) in [5, 5.41) is 66.4. The first-order valence-electron chi connectivity index (χ1n) is 39.0. The molecule has 0 saturated heterocycles. The van der Waals surface area contributed by atoms with Crippen molar-refractivity contribution < 1.29 is 93.3 Å². The molecule has 120 heavy (non-hydrogen) atoms. The molecular weight excluding hydrogens is 1510 g/mol. The molecule has 0 amide bonds. The molecule has 24 heteroatoms. The molecule has 0 aliphatic heterocycles. The second-order valence-corrected chi connectivity index (χ2v) is 26.9. The lowest BCUT2D eigenvalue weighted by Crippen LogP contribution is -2.48. The topological polar surface area (TPSA) is 184 Å². The minimum absolute atomic E-state index is 0.903. The predicted octanol–water partition coefficient (Wildman–Crippen LogP) is 11.0. The molecular formula is C96H160B4F4N8O8. The number of quaternary nitrogens is 8. The lowest BCUT2D eigenvalue weighted by Gasteiger charge is -2.35. The highest BCUT2D eigenvalue weighted by atomic mass is 19.1. The van der Waals surface area contributed by atoms with E-state index in [0.717, 1.165) is 245 Å². The first-order chi connectivity index (χ1) is 56.9. The van der Waals surface area contributed by atoms with Gasteiger partial charge in [-0.3, -0.25) is 0 Å². The first-order valence-corrected chi connectivity index (χ1v) is 39.0. The summed E-state index contributed by atoms with van der Waals surface area (Å²) < 4.78 is 46.8. The van der Waals surface area contributed by atoms with Gasteiger partial charge in [-0.1, -0.05) is 211 Å². The summed E-state index contributed by atoms with van der Waals surface area (Å²) in [6.07, 6.45) is 62.1. The highest BCUT2D eigenvalue weighted by Gasteiger charge is 2.26. The molecule has 0 radical (unpaired) electrons. The van der Waals surface area contributed by atoms with Crippen LogP contribution < -0.4 is 40.2 Å². The van der Waals surface area contributed by atoms with Gasteiger partial charge in [0.25, 0.3) is 0 Å². The largest absolute Gasteiger partial charge is 0.867 e. The molecule has 16 nitrogen and oxygen atoms in total. The fraction of sp³-hybridized carbons (Fsp3) is 0.333. The van der Waals surface area contributed by atoms with Gasteiger partial charge in [-0.2, -0.15) is 0 Å². The Labute approximate surface area is 733 Å². The van der Waals surface area contributed by atoms with Crippen molar-refractivity contribution in [3.05, 3.63) is 405 Å². The third-order valence-electron chi connectivity index (χ3n) is 16.5. The molecule has 0 aromatic carbocycles. The van der Waals surface area contributed by atoms with Crippen LogP contribution in [0.25, 0.3) is 0 Å². The van der Waals surface area contributed by atoms with Gasteiger partial charge in [0.15, 0.2) is 0 Å². The molecule has 0 heterocycles. The Morgan fingerprint density at radius 1 is 0.117 bits per heavy atom. The van der Waals surface area contributed by atoms with Crippen molar-refractivity contribution in [1.29, 1.82) is 0 Å². The summed E-state index contributed by atoms with van der Waals surface area (Å²) in [6.45, 7) is 151. The van der Waals surface area contributed by atoms with Gasteiger partial charge in [0, 0.05) is 0 Å². The molecule has 0 bridgehead atoms. The second kappa shape index (κ2) is 98.8. The number of rotatable bonds is 64. The number of hydrogen-bond acceptors (Lipinski definition) is 8. The minimum Gasteiger partial charge on any atom is -0.867 e. The van der Waals surface area contributed by atoms with E-state index in [1.54, 1.807) is 0 Å². The Hall–Kier alpha value is -8.98. The summed E-state index contributed by atoms with van der Waals surface area (Å²) in [4.78, 5) is 0. The van der Waals surface area contributed by atoms with Crippen LogP contribution in [-0.4, -0.2) is 275 Å². The van der Waals surface area contributed by atoms with Crippen LogP contribution in [-0.2, 0) is 0 Å². The molecule has 0 aliphatic carbocycles. The van der Waals surface area contributed by atoms with Crippen molar-refractivity contribution in [3.8, 4) is 0 Å². The number of hydrogen-bond donors (Lipinski definition) is 0. The highest BCUT2D eigenvalue weighted by molar-refractivity contribution is 6.27. The van der Waals surface area contributed by atoms with E-state index in [-0.39, 0.29) is 0 Å². The van der Waals surface area contributed by atoms with Gasteiger partial charge in [-0.25, -0.2) is 0 Å². The van der Waals surface area contributed by atoms with E-state index in [0.29, 0.717) is 0 Å². The van der Waals surface area contributed by atoms with Crippen LogP contribution in [0.3, 0.4) is 0 Å². The van der Waals surface area contributed by atoms with E-state index in [9.17, 15) is 17.3 Å². The lowest BCUT2D eigenvalue weighted by atomic mass is 10.3. The Kier molecular flexibility index (Phi) is 113. The molecule has 0 saturated carbocycles.